The quantitative estimate of drug-likeness (QED) is 0.831. The Labute approximate surface area is 120 Å². The summed E-state index contributed by atoms with van der Waals surface area (Å²) in [5, 5.41) is 12.5. The minimum atomic E-state index is -0.178. The minimum absolute atomic E-state index is 0.0634. The SMILES string of the molecule is CCCNc1ccnc(C(=O)N(C)CC2CC(O)C2)c1. The number of anilines is 1. The van der Waals surface area contributed by atoms with E-state index in [1.165, 1.54) is 0 Å². The van der Waals surface area contributed by atoms with Gasteiger partial charge in [0.15, 0.2) is 0 Å². The number of amides is 1. The molecule has 20 heavy (non-hydrogen) atoms. The Kier molecular flexibility index (Phi) is 4.95. The summed E-state index contributed by atoms with van der Waals surface area (Å²) in [6.45, 7) is 3.67. The van der Waals surface area contributed by atoms with Gasteiger partial charge < -0.3 is 15.3 Å². The number of nitrogens with zero attached hydrogens (tertiary/aromatic N) is 2. The van der Waals surface area contributed by atoms with Crippen LogP contribution in [0.2, 0.25) is 0 Å². The van der Waals surface area contributed by atoms with E-state index in [0.29, 0.717) is 18.2 Å². The van der Waals surface area contributed by atoms with Crippen LogP contribution in [0.5, 0.6) is 0 Å². The maximum absolute atomic E-state index is 12.3. The van der Waals surface area contributed by atoms with Crippen molar-refractivity contribution in [2.24, 2.45) is 5.92 Å². The molecule has 0 radical (unpaired) electrons. The Hall–Kier alpha value is -1.62. The van der Waals surface area contributed by atoms with Gasteiger partial charge >= 0.3 is 0 Å². The molecule has 5 heteroatoms. The molecular weight excluding hydrogens is 254 g/mol. The highest BCUT2D eigenvalue weighted by molar-refractivity contribution is 5.92. The molecule has 1 aliphatic rings. The van der Waals surface area contributed by atoms with Crippen LogP contribution in [-0.2, 0) is 0 Å². The summed E-state index contributed by atoms with van der Waals surface area (Å²) >= 11 is 0. The van der Waals surface area contributed by atoms with Gasteiger partial charge in [0.05, 0.1) is 6.10 Å². The Balaban J connectivity index is 1.93. The Bertz CT molecular complexity index is 458. The summed E-state index contributed by atoms with van der Waals surface area (Å²) in [4.78, 5) is 18.2. The van der Waals surface area contributed by atoms with Gasteiger partial charge in [-0.3, -0.25) is 9.78 Å². The minimum Gasteiger partial charge on any atom is -0.393 e. The number of carbonyl (C=O) groups is 1. The van der Waals surface area contributed by atoms with E-state index in [2.05, 4.69) is 17.2 Å². The van der Waals surface area contributed by atoms with E-state index < -0.39 is 0 Å². The third kappa shape index (κ3) is 3.70. The van der Waals surface area contributed by atoms with Crippen molar-refractivity contribution in [1.29, 1.82) is 0 Å². The van der Waals surface area contributed by atoms with Gasteiger partial charge in [-0.25, -0.2) is 0 Å². The van der Waals surface area contributed by atoms with Gasteiger partial charge in [-0.05, 0) is 37.3 Å². The molecule has 1 heterocycles. The zero-order chi connectivity index (χ0) is 14.5. The molecule has 5 nitrogen and oxygen atoms in total. The van der Waals surface area contributed by atoms with Crippen molar-refractivity contribution in [3.63, 3.8) is 0 Å². The maximum atomic E-state index is 12.3. The molecule has 1 aromatic heterocycles. The summed E-state index contributed by atoms with van der Waals surface area (Å²) in [6, 6.07) is 3.67. The summed E-state index contributed by atoms with van der Waals surface area (Å²) in [7, 11) is 1.79. The number of aliphatic hydroxyl groups is 1. The Morgan fingerprint density at radius 1 is 1.55 bits per heavy atom. The predicted octanol–water partition coefficient (Wildman–Crippen LogP) is 1.75. The average Bonchev–Trinajstić information content (AvgIpc) is 2.42. The lowest BCUT2D eigenvalue weighted by molar-refractivity contribution is 0.0264. The summed E-state index contributed by atoms with van der Waals surface area (Å²) in [5.41, 5.74) is 1.39. The van der Waals surface area contributed by atoms with Gasteiger partial charge in [0.25, 0.3) is 5.91 Å². The van der Waals surface area contributed by atoms with Crippen LogP contribution < -0.4 is 5.32 Å². The average molecular weight is 277 g/mol. The lowest BCUT2D eigenvalue weighted by Crippen LogP contribution is -2.39. The molecule has 0 aromatic carbocycles. The van der Waals surface area contributed by atoms with Crippen LogP contribution in [0.25, 0.3) is 0 Å². The smallest absolute Gasteiger partial charge is 0.272 e. The first-order valence-electron chi connectivity index (χ1n) is 7.23. The lowest BCUT2D eigenvalue weighted by atomic mass is 9.82. The highest BCUT2D eigenvalue weighted by Gasteiger charge is 2.29. The number of carbonyl (C=O) groups excluding carboxylic acids is 1. The number of aromatic nitrogens is 1. The molecule has 110 valence electrons. The second kappa shape index (κ2) is 6.70. The number of hydrogen-bond donors (Lipinski definition) is 2. The molecular formula is C15H23N3O2. The van der Waals surface area contributed by atoms with Crippen molar-refractivity contribution in [3.8, 4) is 0 Å². The highest BCUT2D eigenvalue weighted by Crippen LogP contribution is 2.27. The van der Waals surface area contributed by atoms with Crippen LogP contribution in [0.3, 0.4) is 0 Å². The number of pyridine rings is 1. The van der Waals surface area contributed by atoms with Crippen molar-refractivity contribution in [2.45, 2.75) is 32.3 Å². The van der Waals surface area contributed by atoms with E-state index in [0.717, 1.165) is 31.5 Å². The molecule has 0 bridgehead atoms. The van der Waals surface area contributed by atoms with Crippen molar-refractivity contribution in [1.82, 2.24) is 9.88 Å². The third-order valence-electron chi connectivity index (χ3n) is 3.65. The standard InChI is InChI=1S/C15H23N3O2/c1-3-5-16-12-4-6-17-14(9-12)15(20)18(2)10-11-7-13(19)8-11/h4,6,9,11,13,19H,3,5,7-8,10H2,1-2H3,(H,16,17). The first-order valence-corrected chi connectivity index (χ1v) is 7.23. The van der Waals surface area contributed by atoms with E-state index in [4.69, 9.17) is 0 Å². The second-order valence-electron chi connectivity index (χ2n) is 5.53. The zero-order valence-corrected chi connectivity index (χ0v) is 12.2. The fourth-order valence-electron chi connectivity index (χ4n) is 2.44. The monoisotopic (exact) mass is 277 g/mol. The topological polar surface area (TPSA) is 65.5 Å². The fourth-order valence-corrected chi connectivity index (χ4v) is 2.44. The van der Waals surface area contributed by atoms with Gasteiger partial charge in [-0.1, -0.05) is 6.92 Å². The Morgan fingerprint density at radius 3 is 2.95 bits per heavy atom. The van der Waals surface area contributed by atoms with E-state index in [-0.39, 0.29) is 12.0 Å². The summed E-state index contributed by atoms with van der Waals surface area (Å²) in [6.07, 6.45) is 4.11. The maximum Gasteiger partial charge on any atom is 0.272 e. The molecule has 1 aliphatic carbocycles. The van der Waals surface area contributed by atoms with Crippen molar-refractivity contribution in [2.75, 3.05) is 25.5 Å². The van der Waals surface area contributed by atoms with E-state index >= 15 is 0 Å². The van der Waals surface area contributed by atoms with Crippen LogP contribution in [0, 0.1) is 5.92 Å². The van der Waals surface area contributed by atoms with Crippen molar-refractivity contribution < 1.29 is 9.90 Å². The third-order valence-corrected chi connectivity index (χ3v) is 3.65. The molecule has 2 rings (SSSR count). The molecule has 2 N–H and O–H groups in total. The van der Waals surface area contributed by atoms with Crippen LogP contribution in [-0.4, -0.2) is 47.1 Å². The molecule has 1 aromatic rings. The zero-order valence-electron chi connectivity index (χ0n) is 12.2. The van der Waals surface area contributed by atoms with Crippen LogP contribution in [0.1, 0.15) is 36.7 Å². The van der Waals surface area contributed by atoms with Crippen molar-refractivity contribution >= 4 is 11.6 Å². The molecule has 0 spiro atoms. The van der Waals surface area contributed by atoms with E-state index in [9.17, 15) is 9.90 Å². The molecule has 0 unspecified atom stereocenters. The summed E-state index contributed by atoms with van der Waals surface area (Å²) < 4.78 is 0. The van der Waals surface area contributed by atoms with Crippen LogP contribution in [0.15, 0.2) is 18.3 Å². The molecule has 0 atom stereocenters. The number of aliphatic hydroxyl groups excluding tert-OH is 1. The predicted molar refractivity (Wildman–Crippen MR) is 78.7 cm³/mol. The van der Waals surface area contributed by atoms with Gasteiger partial charge in [0.1, 0.15) is 5.69 Å². The lowest BCUT2D eigenvalue weighted by Gasteiger charge is -2.34. The summed E-state index contributed by atoms with van der Waals surface area (Å²) in [5.74, 6) is 0.354. The van der Waals surface area contributed by atoms with Crippen molar-refractivity contribution in [3.05, 3.63) is 24.0 Å². The first kappa shape index (κ1) is 14.8. The fraction of sp³-hybridized carbons (Fsp3) is 0.600. The highest BCUT2D eigenvalue weighted by atomic mass is 16.3. The second-order valence-corrected chi connectivity index (χ2v) is 5.53. The normalized spacial score (nSPS) is 21.1. The molecule has 0 saturated heterocycles. The number of hydrogen-bond acceptors (Lipinski definition) is 4. The largest absolute Gasteiger partial charge is 0.393 e. The molecule has 0 aliphatic heterocycles. The number of rotatable bonds is 6. The van der Waals surface area contributed by atoms with Gasteiger partial charge in [-0.2, -0.15) is 0 Å². The van der Waals surface area contributed by atoms with Crippen LogP contribution >= 0.6 is 0 Å². The first-order chi connectivity index (χ1) is 9.60. The molecule has 1 fully saturated rings. The van der Waals surface area contributed by atoms with Crippen LogP contribution in [0.4, 0.5) is 5.69 Å². The molecule has 1 saturated carbocycles. The van der Waals surface area contributed by atoms with Gasteiger partial charge in [0, 0.05) is 32.0 Å². The molecule has 1 amide bonds. The number of nitrogens with one attached hydrogen (secondary N) is 1. The Morgan fingerprint density at radius 2 is 2.30 bits per heavy atom. The van der Waals surface area contributed by atoms with Gasteiger partial charge in [-0.15, -0.1) is 0 Å². The van der Waals surface area contributed by atoms with Gasteiger partial charge in [0.2, 0.25) is 0 Å². The van der Waals surface area contributed by atoms with E-state index in [1.54, 1.807) is 24.2 Å². The van der Waals surface area contributed by atoms with E-state index in [1.807, 2.05) is 6.07 Å².